The van der Waals surface area contributed by atoms with Gasteiger partial charge in [0.25, 0.3) is 0 Å². The minimum Gasteiger partial charge on any atom is -2.00 e. The predicted octanol–water partition coefficient (Wildman–Crippen LogP) is -0.359. The van der Waals surface area contributed by atoms with Crippen molar-refractivity contribution in [1.29, 1.82) is 0 Å². The summed E-state index contributed by atoms with van der Waals surface area (Å²) in [6.45, 7) is 0. The second-order valence-corrected chi connectivity index (χ2v) is 0. The summed E-state index contributed by atoms with van der Waals surface area (Å²) in [4.78, 5) is 0. The summed E-state index contributed by atoms with van der Waals surface area (Å²) < 4.78 is 0. The monoisotopic (exact) mass is 338 g/mol. The summed E-state index contributed by atoms with van der Waals surface area (Å²) in [7, 11) is 0. The van der Waals surface area contributed by atoms with Crippen LogP contribution in [0.1, 0.15) is 0 Å². The molecule has 3 nitrogen and oxygen atoms in total. The molecular formula is NiO3Th. The fourth-order valence-electron chi connectivity index (χ4n) is 0. The molecule has 0 saturated carbocycles. The Morgan fingerprint density at radius 2 is 0.600 bits per heavy atom. The second-order valence-electron chi connectivity index (χ2n) is 0. The van der Waals surface area contributed by atoms with E-state index in [1.807, 2.05) is 0 Å². The number of hydrogen-bond donors (Lipinski definition) is 0. The summed E-state index contributed by atoms with van der Waals surface area (Å²) in [5, 5.41) is 0. The molecule has 0 aliphatic rings. The largest absolute Gasteiger partial charge is 4.00 e. The first-order chi connectivity index (χ1) is 0. The van der Waals surface area contributed by atoms with Gasteiger partial charge >= 0.3 is 56.4 Å². The van der Waals surface area contributed by atoms with E-state index >= 15 is 0 Å². The third kappa shape index (κ3) is 27.0. The zero-order chi connectivity index (χ0) is 0. The molecule has 0 unspecified atom stereocenters. The molecular weight excluding hydrogens is 339 g/mol. The van der Waals surface area contributed by atoms with Crippen molar-refractivity contribution >= 4 is 0 Å². The van der Waals surface area contributed by atoms with E-state index in [1.165, 1.54) is 0 Å². The van der Waals surface area contributed by atoms with Crippen LogP contribution in [0.25, 0.3) is 0 Å². The van der Waals surface area contributed by atoms with E-state index in [0.717, 1.165) is 0 Å². The Morgan fingerprint density at radius 3 is 0.600 bits per heavy atom. The fourth-order valence-corrected chi connectivity index (χ4v) is 0. The molecule has 0 amide bonds. The van der Waals surface area contributed by atoms with Gasteiger partial charge in [0, 0.05) is 0 Å². The predicted molar refractivity (Wildman–Crippen MR) is 2.06 cm³/mol. The number of rotatable bonds is 0. The molecule has 0 atom stereocenters. The van der Waals surface area contributed by atoms with Crippen molar-refractivity contribution in [3.05, 3.63) is 0 Å². The molecule has 32 valence electrons. The van der Waals surface area contributed by atoms with Crippen LogP contribution in [0.3, 0.4) is 0 Å². The molecule has 0 aromatic heterocycles. The van der Waals surface area contributed by atoms with Crippen LogP contribution in [0, 0.1) is 39.9 Å². The first kappa shape index (κ1) is 75.4. The molecule has 0 aromatic rings. The van der Waals surface area contributed by atoms with Gasteiger partial charge in [-0.25, -0.2) is 0 Å². The van der Waals surface area contributed by atoms with Gasteiger partial charge in [0.05, 0.1) is 0 Å². The van der Waals surface area contributed by atoms with Crippen LogP contribution in [0.2, 0.25) is 0 Å². The molecule has 5 heavy (non-hydrogen) atoms. The molecule has 0 rings (SSSR count). The van der Waals surface area contributed by atoms with Crippen molar-refractivity contribution in [2.75, 3.05) is 0 Å². The Bertz CT molecular complexity index is 6.85. The number of hydrogen-bond acceptors (Lipinski definition) is 0. The molecule has 0 spiro atoms. The summed E-state index contributed by atoms with van der Waals surface area (Å²) in [6.07, 6.45) is 0. The van der Waals surface area contributed by atoms with Gasteiger partial charge in [0.1, 0.15) is 0 Å². The molecule has 0 aliphatic heterocycles. The maximum absolute atomic E-state index is 0. The van der Waals surface area contributed by atoms with Crippen molar-refractivity contribution in [2.24, 2.45) is 0 Å². The Balaban J connectivity index is 0. The van der Waals surface area contributed by atoms with Crippen molar-refractivity contribution < 1.29 is 72.9 Å². The van der Waals surface area contributed by atoms with Gasteiger partial charge in [-0.1, -0.05) is 0 Å². The van der Waals surface area contributed by atoms with Gasteiger partial charge in [0.2, 0.25) is 0 Å². The average Bonchev–Trinajstić information content (AvgIpc) is 0. The van der Waals surface area contributed by atoms with Gasteiger partial charge in [-0.3, -0.25) is 0 Å². The Morgan fingerprint density at radius 1 is 0.600 bits per heavy atom. The Labute approximate surface area is 72.0 Å². The van der Waals surface area contributed by atoms with Gasteiger partial charge in [-0.05, 0) is 0 Å². The van der Waals surface area contributed by atoms with Crippen molar-refractivity contribution in [2.45, 2.75) is 0 Å². The first-order valence-electron chi connectivity index (χ1n) is 0. The van der Waals surface area contributed by atoms with Crippen molar-refractivity contribution in [3.63, 3.8) is 0 Å². The van der Waals surface area contributed by atoms with Crippen LogP contribution in [0.4, 0.5) is 0 Å². The third-order valence-corrected chi connectivity index (χ3v) is 0. The van der Waals surface area contributed by atoms with E-state index in [1.54, 1.807) is 0 Å². The van der Waals surface area contributed by atoms with Gasteiger partial charge < -0.3 is 16.4 Å². The topological polar surface area (TPSA) is 85.5 Å². The van der Waals surface area contributed by atoms with Gasteiger partial charge in [0.15, 0.2) is 0 Å². The fraction of sp³-hybridized carbons (Fsp3) is 0. The van der Waals surface area contributed by atoms with Crippen LogP contribution in [-0.2, 0) is 32.9 Å². The van der Waals surface area contributed by atoms with Crippen LogP contribution in [0.5, 0.6) is 0 Å². The summed E-state index contributed by atoms with van der Waals surface area (Å²) in [5.74, 6) is 0. The summed E-state index contributed by atoms with van der Waals surface area (Å²) in [6, 6.07) is 0. The zero-order valence-electron chi connectivity index (χ0n) is 2.04. The van der Waals surface area contributed by atoms with E-state index in [-0.39, 0.29) is 72.9 Å². The molecule has 0 radical (unpaired) electrons. The third-order valence-electron chi connectivity index (χ3n) is 0. The van der Waals surface area contributed by atoms with Crippen LogP contribution in [0.15, 0.2) is 0 Å². The molecule has 0 saturated heterocycles. The van der Waals surface area contributed by atoms with Crippen LogP contribution >= 0.6 is 0 Å². The SMILES string of the molecule is [Ni+2].[O-2].[O-2].[O-2].[Th+4]. The van der Waals surface area contributed by atoms with E-state index in [0.29, 0.717) is 0 Å². The van der Waals surface area contributed by atoms with E-state index in [2.05, 4.69) is 0 Å². The first-order valence-corrected chi connectivity index (χ1v) is 0. The Kier molecular flexibility index (Phi) is 658. The maximum atomic E-state index is 0. The van der Waals surface area contributed by atoms with Crippen molar-refractivity contribution in [3.8, 4) is 0 Å². The van der Waals surface area contributed by atoms with Crippen LogP contribution < -0.4 is 0 Å². The molecule has 0 N–H and O–H groups in total. The normalized spacial score (nSPS) is 0. The average molecular weight is 339 g/mol. The van der Waals surface area contributed by atoms with E-state index in [4.69, 9.17) is 0 Å². The van der Waals surface area contributed by atoms with E-state index in [9.17, 15) is 0 Å². The maximum Gasteiger partial charge on any atom is 4.00 e. The van der Waals surface area contributed by atoms with E-state index < -0.39 is 0 Å². The second kappa shape index (κ2) is 43.6. The zero-order valence-corrected chi connectivity index (χ0v) is 7.14. The van der Waals surface area contributed by atoms with Crippen LogP contribution in [-0.4, -0.2) is 0 Å². The molecule has 0 aliphatic carbocycles. The standard InChI is InChI=1S/Ni.3O.Th/q+2;3*-2;+4. The summed E-state index contributed by atoms with van der Waals surface area (Å²) in [5.41, 5.74) is 0. The summed E-state index contributed by atoms with van der Waals surface area (Å²) >= 11 is 0. The molecule has 0 bridgehead atoms. The molecule has 0 fully saturated rings. The van der Waals surface area contributed by atoms with Crippen molar-refractivity contribution in [1.82, 2.24) is 0 Å². The quantitative estimate of drug-likeness (QED) is 0.540. The molecule has 0 heterocycles. The van der Waals surface area contributed by atoms with Gasteiger partial charge in [-0.2, -0.15) is 0 Å². The van der Waals surface area contributed by atoms with Gasteiger partial charge in [-0.15, -0.1) is 0 Å². The smallest absolute Gasteiger partial charge is 2.00 e. The minimum absolute atomic E-state index is 0. The Hall–Kier alpha value is 1.70. The molecule has 0 aromatic carbocycles. The minimum atomic E-state index is 0. The molecule has 5 heteroatoms.